The van der Waals surface area contributed by atoms with Gasteiger partial charge in [-0.05, 0) is 42.7 Å². The molecule has 0 bridgehead atoms. The van der Waals surface area contributed by atoms with Crippen molar-refractivity contribution in [3.63, 3.8) is 0 Å². The monoisotopic (exact) mass is 354 g/mol. The molecule has 4 nitrogen and oxygen atoms in total. The minimum atomic E-state index is 0.0204. The topological polar surface area (TPSA) is 49.4 Å². The number of nitrogens with one attached hydrogen (secondary N) is 1. The van der Waals surface area contributed by atoms with Crippen LogP contribution in [0.15, 0.2) is 53.4 Å². The number of hydrogen-bond donors (Lipinski definition) is 1. The van der Waals surface area contributed by atoms with Crippen LogP contribution in [0.5, 0.6) is 0 Å². The van der Waals surface area contributed by atoms with Gasteiger partial charge in [0.2, 0.25) is 11.8 Å². The molecule has 1 heterocycles. The van der Waals surface area contributed by atoms with E-state index in [0.717, 1.165) is 29.1 Å². The molecule has 1 N–H and O–H groups in total. The van der Waals surface area contributed by atoms with E-state index in [2.05, 4.69) is 5.32 Å². The molecule has 2 aromatic rings. The van der Waals surface area contributed by atoms with Crippen LogP contribution in [0.3, 0.4) is 0 Å². The molecule has 5 heteroatoms. The van der Waals surface area contributed by atoms with Gasteiger partial charge in [-0.15, -0.1) is 11.8 Å². The van der Waals surface area contributed by atoms with E-state index in [9.17, 15) is 9.59 Å². The average Bonchev–Trinajstić information content (AvgIpc) is 3.06. The van der Waals surface area contributed by atoms with Gasteiger partial charge in [0.05, 0.1) is 5.75 Å². The number of nitrogens with zero attached hydrogens (tertiary/aromatic N) is 1. The highest BCUT2D eigenvalue weighted by atomic mass is 32.2. The van der Waals surface area contributed by atoms with Crippen LogP contribution in [0.25, 0.3) is 0 Å². The van der Waals surface area contributed by atoms with Crippen molar-refractivity contribution in [2.45, 2.75) is 31.2 Å². The Morgan fingerprint density at radius 2 is 1.92 bits per heavy atom. The highest BCUT2D eigenvalue weighted by molar-refractivity contribution is 8.00. The van der Waals surface area contributed by atoms with Crippen LogP contribution >= 0.6 is 11.8 Å². The van der Waals surface area contributed by atoms with Crippen LogP contribution in [0, 0.1) is 6.92 Å². The number of anilines is 1. The van der Waals surface area contributed by atoms with Gasteiger partial charge in [0.1, 0.15) is 0 Å². The number of thioether (sulfide) groups is 1. The standard InChI is InChI=1S/C20H22N2O2S/c1-15-5-2-3-6-18(15)25-14-19(23)21-13-16-8-10-17(11-9-16)22-12-4-7-20(22)24/h2-3,5-6,8-11H,4,7,12-14H2,1H3,(H,21,23). The van der Waals surface area contributed by atoms with E-state index in [-0.39, 0.29) is 11.8 Å². The van der Waals surface area contributed by atoms with Gasteiger partial charge in [-0.3, -0.25) is 9.59 Å². The normalized spacial score (nSPS) is 14.0. The van der Waals surface area contributed by atoms with E-state index in [4.69, 9.17) is 0 Å². The van der Waals surface area contributed by atoms with E-state index in [1.807, 2.05) is 60.4 Å². The second-order valence-electron chi connectivity index (χ2n) is 6.15. The summed E-state index contributed by atoms with van der Waals surface area (Å²) in [4.78, 5) is 26.7. The second kappa shape index (κ2) is 8.21. The maximum Gasteiger partial charge on any atom is 0.230 e. The summed E-state index contributed by atoms with van der Waals surface area (Å²) in [7, 11) is 0. The van der Waals surface area contributed by atoms with Crippen LogP contribution < -0.4 is 10.2 Å². The molecule has 1 aliphatic heterocycles. The van der Waals surface area contributed by atoms with Gasteiger partial charge in [-0.25, -0.2) is 0 Å². The number of carbonyl (C=O) groups excluding carboxylic acids is 2. The Bertz CT molecular complexity index is 759. The van der Waals surface area contributed by atoms with Gasteiger partial charge in [0, 0.05) is 30.1 Å². The molecule has 25 heavy (non-hydrogen) atoms. The van der Waals surface area contributed by atoms with E-state index >= 15 is 0 Å². The van der Waals surface area contributed by atoms with Gasteiger partial charge >= 0.3 is 0 Å². The summed E-state index contributed by atoms with van der Waals surface area (Å²) in [5.41, 5.74) is 3.16. The predicted molar refractivity (Wildman–Crippen MR) is 102 cm³/mol. The summed E-state index contributed by atoms with van der Waals surface area (Å²) in [5, 5.41) is 2.95. The summed E-state index contributed by atoms with van der Waals surface area (Å²) < 4.78 is 0. The first-order valence-corrected chi connectivity index (χ1v) is 9.46. The molecule has 130 valence electrons. The Hall–Kier alpha value is -2.27. The molecular formula is C20H22N2O2S. The number of benzene rings is 2. The van der Waals surface area contributed by atoms with E-state index < -0.39 is 0 Å². The molecule has 1 fully saturated rings. The van der Waals surface area contributed by atoms with Crippen molar-refractivity contribution in [1.82, 2.24) is 5.32 Å². The quantitative estimate of drug-likeness (QED) is 0.808. The van der Waals surface area contributed by atoms with Crippen LogP contribution in [0.2, 0.25) is 0 Å². The number of carbonyl (C=O) groups is 2. The molecule has 0 aromatic heterocycles. The van der Waals surface area contributed by atoms with E-state index in [0.29, 0.717) is 18.7 Å². The Kier molecular flexibility index (Phi) is 5.76. The zero-order valence-electron chi connectivity index (χ0n) is 14.3. The SMILES string of the molecule is Cc1ccccc1SCC(=O)NCc1ccc(N2CCCC2=O)cc1. The lowest BCUT2D eigenvalue weighted by atomic mass is 10.2. The van der Waals surface area contributed by atoms with Gasteiger partial charge in [-0.2, -0.15) is 0 Å². The van der Waals surface area contributed by atoms with Crippen molar-refractivity contribution in [3.8, 4) is 0 Å². The summed E-state index contributed by atoms with van der Waals surface area (Å²) in [6.07, 6.45) is 1.56. The fraction of sp³-hybridized carbons (Fsp3) is 0.300. The molecule has 2 aromatic carbocycles. The molecule has 1 aliphatic rings. The van der Waals surface area contributed by atoms with Crippen molar-refractivity contribution in [3.05, 3.63) is 59.7 Å². The maximum atomic E-state index is 12.0. The highest BCUT2D eigenvalue weighted by Crippen LogP contribution is 2.22. The first-order chi connectivity index (χ1) is 12.1. The third kappa shape index (κ3) is 4.63. The Morgan fingerprint density at radius 1 is 1.16 bits per heavy atom. The molecule has 1 saturated heterocycles. The van der Waals surface area contributed by atoms with Gasteiger partial charge in [0.25, 0.3) is 0 Å². The Morgan fingerprint density at radius 3 is 2.60 bits per heavy atom. The van der Waals surface area contributed by atoms with E-state index in [1.54, 1.807) is 11.8 Å². The summed E-state index contributed by atoms with van der Waals surface area (Å²) in [6.45, 7) is 3.35. The van der Waals surface area contributed by atoms with Crippen molar-refractivity contribution in [2.24, 2.45) is 0 Å². The third-order valence-electron chi connectivity index (χ3n) is 4.26. The van der Waals surface area contributed by atoms with Gasteiger partial charge in [-0.1, -0.05) is 30.3 Å². The fourth-order valence-electron chi connectivity index (χ4n) is 2.83. The summed E-state index contributed by atoms with van der Waals surface area (Å²) in [5.74, 6) is 0.618. The largest absolute Gasteiger partial charge is 0.351 e. The minimum Gasteiger partial charge on any atom is -0.351 e. The van der Waals surface area contributed by atoms with Crippen LogP contribution in [-0.4, -0.2) is 24.1 Å². The molecule has 0 spiro atoms. The van der Waals surface area contributed by atoms with Crippen molar-refractivity contribution >= 4 is 29.3 Å². The highest BCUT2D eigenvalue weighted by Gasteiger charge is 2.21. The lowest BCUT2D eigenvalue weighted by Crippen LogP contribution is -2.25. The zero-order valence-corrected chi connectivity index (χ0v) is 15.1. The molecule has 0 aliphatic carbocycles. The van der Waals surface area contributed by atoms with Crippen molar-refractivity contribution in [1.29, 1.82) is 0 Å². The van der Waals surface area contributed by atoms with Gasteiger partial charge in [0.15, 0.2) is 0 Å². The number of aryl methyl sites for hydroxylation is 1. The number of rotatable bonds is 6. The average molecular weight is 354 g/mol. The first kappa shape index (κ1) is 17.5. The van der Waals surface area contributed by atoms with E-state index in [1.165, 1.54) is 5.56 Å². The molecule has 0 atom stereocenters. The first-order valence-electron chi connectivity index (χ1n) is 8.48. The van der Waals surface area contributed by atoms with Gasteiger partial charge < -0.3 is 10.2 Å². The van der Waals surface area contributed by atoms with Crippen molar-refractivity contribution < 1.29 is 9.59 Å². The minimum absolute atomic E-state index is 0.0204. The molecule has 0 saturated carbocycles. The molecule has 2 amide bonds. The number of hydrogen-bond acceptors (Lipinski definition) is 3. The molecule has 0 radical (unpaired) electrons. The molecular weight excluding hydrogens is 332 g/mol. The number of amides is 2. The van der Waals surface area contributed by atoms with Crippen LogP contribution in [-0.2, 0) is 16.1 Å². The summed E-state index contributed by atoms with van der Waals surface area (Å²) >= 11 is 1.55. The zero-order chi connectivity index (χ0) is 17.6. The lowest BCUT2D eigenvalue weighted by molar-refractivity contribution is -0.119. The van der Waals surface area contributed by atoms with Crippen LogP contribution in [0.4, 0.5) is 5.69 Å². The lowest BCUT2D eigenvalue weighted by Gasteiger charge is -2.16. The molecule has 0 unspecified atom stereocenters. The van der Waals surface area contributed by atoms with Crippen molar-refractivity contribution in [2.75, 3.05) is 17.2 Å². The second-order valence-corrected chi connectivity index (χ2v) is 7.16. The fourth-order valence-corrected chi connectivity index (χ4v) is 3.69. The Labute approximate surface area is 152 Å². The van der Waals surface area contributed by atoms with Crippen LogP contribution in [0.1, 0.15) is 24.0 Å². The predicted octanol–water partition coefficient (Wildman–Crippen LogP) is 3.53. The summed E-state index contributed by atoms with van der Waals surface area (Å²) in [6, 6.07) is 15.9. The maximum absolute atomic E-state index is 12.0. The molecule has 3 rings (SSSR count). The smallest absolute Gasteiger partial charge is 0.230 e. The Balaban J connectivity index is 1.47. The third-order valence-corrected chi connectivity index (χ3v) is 5.44.